The van der Waals surface area contributed by atoms with E-state index in [2.05, 4.69) is 18.2 Å². The zero-order chi connectivity index (χ0) is 28.8. The fourth-order valence-electron chi connectivity index (χ4n) is 5.49. The molecule has 0 saturated carbocycles. The summed E-state index contributed by atoms with van der Waals surface area (Å²) < 4.78 is 16.6. The van der Waals surface area contributed by atoms with Gasteiger partial charge in [-0.05, 0) is 50.0 Å². The lowest BCUT2D eigenvalue weighted by Gasteiger charge is -2.24. The number of esters is 2. The Morgan fingerprint density at radius 1 is 0.902 bits per heavy atom. The van der Waals surface area contributed by atoms with Crippen molar-refractivity contribution < 1.29 is 23.8 Å². The molecule has 0 radical (unpaired) electrons. The molecular formula is C35H44O5S. The first-order chi connectivity index (χ1) is 20.0. The zero-order valence-corrected chi connectivity index (χ0v) is 25.1. The number of ether oxygens (including phenoxy) is 3. The average molecular weight is 577 g/mol. The third-order valence-corrected chi connectivity index (χ3v) is 9.10. The van der Waals surface area contributed by atoms with Crippen LogP contribution in [0.5, 0.6) is 0 Å². The second-order valence-electron chi connectivity index (χ2n) is 11.1. The molecule has 2 heterocycles. The first kappa shape index (κ1) is 31.1. The number of hydrogen-bond donors (Lipinski definition) is 0. The Morgan fingerprint density at radius 3 is 2.20 bits per heavy atom. The third-order valence-electron chi connectivity index (χ3n) is 7.66. The molecule has 1 unspecified atom stereocenters. The zero-order valence-electron chi connectivity index (χ0n) is 24.2. The Balaban J connectivity index is 1.07. The van der Waals surface area contributed by atoms with Gasteiger partial charge in [0.15, 0.2) is 6.10 Å². The Bertz CT molecular complexity index is 1130. The van der Waals surface area contributed by atoms with Crippen LogP contribution in [-0.2, 0) is 30.4 Å². The molecule has 6 heteroatoms. The van der Waals surface area contributed by atoms with Crippen LogP contribution in [0.3, 0.4) is 0 Å². The lowest BCUT2D eigenvalue weighted by molar-refractivity contribution is -0.143. The van der Waals surface area contributed by atoms with Crippen molar-refractivity contribution in [3.63, 3.8) is 0 Å². The van der Waals surface area contributed by atoms with Crippen molar-refractivity contribution in [1.82, 2.24) is 0 Å². The van der Waals surface area contributed by atoms with E-state index in [4.69, 9.17) is 14.2 Å². The molecule has 2 aliphatic rings. The van der Waals surface area contributed by atoms with Crippen LogP contribution in [0.4, 0.5) is 0 Å². The first-order valence-electron chi connectivity index (χ1n) is 15.2. The van der Waals surface area contributed by atoms with Crippen LogP contribution in [0.25, 0.3) is 0 Å². The van der Waals surface area contributed by atoms with E-state index in [0.29, 0.717) is 6.61 Å². The highest BCUT2D eigenvalue weighted by atomic mass is 32.2. The highest BCUT2D eigenvalue weighted by Gasteiger charge is 2.48. The van der Waals surface area contributed by atoms with Gasteiger partial charge in [-0.2, -0.15) is 0 Å². The van der Waals surface area contributed by atoms with Gasteiger partial charge in [-0.15, -0.1) is 11.8 Å². The number of thioether (sulfide) groups is 1. The molecule has 0 spiro atoms. The first-order valence-corrected chi connectivity index (χ1v) is 16.0. The molecule has 0 amide bonds. The Kier molecular flexibility index (Phi) is 12.6. The Morgan fingerprint density at radius 2 is 1.56 bits per heavy atom. The summed E-state index contributed by atoms with van der Waals surface area (Å²) in [5.41, 5.74) is 1.10. The van der Waals surface area contributed by atoms with Gasteiger partial charge in [0.1, 0.15) is 17.0 Å². The maximum atomic E-state index is 12.8. The summed E-state index contributed by atoms with van der Waals surface area (Å²) in [6.07, 6.45) is 19.0. The molecule has 2 aliphatic heterocycles. The van der Waals surface area contributed by atoms with Gasteiger partial charge >= 0.3 is 11.9 Å². The Labute approximate surface area is 249 Å². The van der Waals surface area contributed by atoms with E-state index < -0.39 is 4.75 Å². The second kappa shape index (κ2) is 16.6. The normalized spacial score (nSPS) is 22.8. The molecule has 1 fully saturated rings. The maximum Gasteiger partial charge on any atom is 0.331 e. The van der Waals surface area contributed by atoms with Crippen LogP contribution in [0.15, 0.2) is 89.9 Å². The van der Waals surface area contributed by atoms with Gasteiger partial charge in [0.05, 0.1) is 6.61 Å². The standard InChI is InChI=1S/C35H44O5S/c1-28-26-35(34(37)39-28,41-30-20-14-11-15-21-30)25-17-9-7-5-3-2-4-6-8-16-22-31(32-23-24-33(36)40-32)38-27-29-18-12-10-13-19-29/h10-16,18-24,28,31-32H,2-9,17,25-27H2,1H3/b22-16+/t28-,31+,32+,35?/m0/s1. The van der Waals surface area contributed by atoms with Crippen molar-refractivity contribution in [3.05, 3.63) is 90.5 Å². The number of carbonyl (C=O) groups is 2. The van der Waals surface area contributed by atoms with E-state index in [1.807, 2.05) is 61.5 Å². The van der Waals surface area contributed by atoms with Gasteiger partial charge in [-0.1, -0.05) is 106 Å². The van der Waals surface area contributed by atoms with E-state index in [1.165, 1.54) is 38.2 Å². The fourth-order valence-corrected chi connectivity index (χ4v) is 6.93. The molecule has 4 atom stereocenters. The molecule has 41 heavy (non-hydrogen) atoms. The molecule has 0 aromatic heterocycles. The molecule has 2 aromatic carbocycles. The topological polar surface area (TPSA) is 61.8 Å². The third kappa shape index (κ3) is 10.2. The maximum absolute atomic E-state index is 12.8. The summed E-state index contributed by atoms with van der Waals surface area (Å²) in [6, 6.07) is 20.3. The van der Waals surface area contributed by atoms with Crippen LogP contribution in [0, 0.1) is 0 Å². The number of benzene rings is 2. The average Bonchev–Trinajstić information content (AvgIpc) is 3.53. The molecule has 4 rings (SSSR count). The number of hydrogen-bond acceptors (Lipinski definition) is 6. The van der Waals surface area contributed by atoms with Crippen LogP contribution in [0.1, 0.15) is 83.1 Å². The van der Waals surface area contributed by atoms with Crippen LogP contribution >= 0.6 is 11.8 Å². The van der Waals surface area contributed by atoms with Crippen LogP contribution < -0.4 is 0 Å². The van der Waals surface area contributed by atoms with Gasteiger partial charge in [-0.3, -0.25) is 4.79 Å². The monoisotopic (exact) mass is 576 g/mol. The molecule has 0 bridgehead atoms. The van der Waals surface area contributed by atoms with Crippen molar-refractivity contribution in [2.45, 2.75) is 112 Å². The minimum Gasteiger partial charge on any atom is -0.462 e. The summed E-state index contributed by atoms with van der Waals surface area (Å²) in [4.78, 5) is 25.4. The second-order valence-corrected chi connectivity index (χ2v) is 12.6. The predicted molar refractivity (Wildman–Crippen MR) is 165 cm³/mol. The summed E-state index contributed by atoms with van der Waals surface area (Å²) >= 11 is 1.69. The van der Waals surface area contributed by atoms with E-state index in [9.17, 15) is 9.59 Å². The number of unbranched alkanes of at least 4 members (excludes halogenated alkanes) is 8. The SMILES string of the molecule is C[C@H]1CC(CCCCCCCCCC/C=C/[C@@H](OCc2ccccc2)[C@H]2C=CC(=O)O2)(Sc2ccccc2)C(=O)O1. The quantitative estimate of drug-likeness (QED) is 0.101. The lowest BCUT2D eigenvalue weighted by atomic mass is 9.96. The smallest absolute Gasteiger partial charge is 0.331 e. The molecule has 0 N–H and O–H groups in total. The van der Waals surface area contributed by atoms with Gasteiger partial charge < -0.3 is 14.2 Å². The largest absolute Gasteiger partial charge is 0.462 e. The number of allylic oxidation sites excluding steroid dienone is 1. The van der Waals surface area contributed by atoms with Gasteiger partial charge in [0.2, 0.25) is 0 Å². The number of carbonyl (C=O) groups excluding carboxylic acids is 2. The van der Waals surface area contributed by atoms with Crippen molar-refractivity contribution in [1.29, 1.82) is 0 Å². The van der Waals surface area contributed by atoms with Crippen molar-refractivity contribution >= 4 is 23.7 Å². The van der Waals surface area contributed by atoms with Gasteiger partial charge in [-0.25, -0.2) is 4.79 Å². The Hall–Kier alpha value is -2.83. The van der Waals surface area contributed by atoms with Crippen LogP contribution in [-0.4, -0.2) is 35.0 Å². The molecule has 5 nitrogen and oxygen atoms in total. The molecule has 2 aromatic rings. The summed E-state index contributed by atoms with van der Waals surface area (Å²) in [5.74, 6) is -0.347. The summed E-state index contributed by atoms with van der Waals surface area (Å²) in [6.45, 7) is 2.48. The summed E-state index contributed by atoms with van der Waals surface area (Å²) in [7, 11) is 0. The molecule has 0 aliphatic carbocycles. The van der Waals surface area contributed by atoms with E-state index >= 15 is 0 Å². The molecular weight excluding hydrogens is 532 g/mol. The van der Waals surface area contributed by atoms with Crippen molar-refractivity contribution in [3.8, 4) is 0 Å². The van der Waals surface area contributed by atoms with E-state index in [0.717, 1.165) is 49.0 Å². The molecule has 1 saturated heterocycles. The lowest BCUT2D eigenvalue weighted by Crippen LogP contribution is -2.30. The minimum atomic E-state index is -0.435. The van der Waals surface area contributed by atoms with Gasteiger partial charge in [0.25, 0.3) is 0 Å². The number of rotatable bonds is 18. The number of cyclic esters (lactones) is 2. The van der Waals surface area contributed by atoms with Crippen LogP contribution in [0.2, 0.25) is 0 Å². The summed E-state index contributed by atoms with van der Waals surface area (Å²) in [5, 5.41) is 0. The van der Waals surface area contributed by atoms with Gasteiger partial charge in [0, 0.05) is 17.4 Å². The fraction of sp³-hybridized carbons (Fsp3) is 0.486. The molecule has 220 valence electrons. The van der Waals surface area contributed by atoms with E-state index in [-0.39, 0.29) is 30.3 Å². The highest BCUT2D eigenvalue weighted by Crippen LogP contribution is 2.45. The minimum absolute atomic E-state index is 0.00154. The van der Waals surface area contributed by atoms with Crippen molar-refractivity contribution in [2.75, 3.05) is 0 Å². The predicted octanol–water partition coefficient (Wildman–Crippen LogP) is 8.38. The van der Waals surface area contributed by atoms with E-state index in [1.54, 1.807) is 17.8 Å². The van der Waals surface area contributed by atoms with Crippen molar-refractivity contribution in [2.24, 2.45) is 0 Å². The highest BCUT2D eigenvalue weighted by molar-refractivity contribution is 8.01.